The molecule has 0 saturated heterocycles. The van der Waals surface area contributed by atoms with E-state index in [2.05, 4.69) is 21.2 Å². The van der Waals surface area contributed by atoms with Crippen molar-refractivity contribution < 1.29 is 19.1 Å². The van der Waals surface area contributed by atoms with Gasteiger partial charge in [-0.2, -0.15) is 0 Å². The Hall–Kier alpha value is -3.22. The molecule has 5 nitrogen and oxygen atoms in total. The fraction of sp³-hybridized carbons (Fsp3) is 0.0417. The van der Waals surface area contributed by atoms with Gasteiger partial charge in [0.2, 0.25) is 0 Å². The van der Waals surface area contributed by atoms with Crippen LogP contribution in [-0.4, -0.2) is 24.3 Å². The molecule has 0 bridgehead atoms. The maximum absolute atomic E-state index is 12.8. The van der Waals surface area contributed by atoms with Gasteiger partial charge in [-0.25, -0.2) is 4.79 Å². The van der Waals surface area contributed by atoms with E-state index in [0.717, 1.165) is 10.0 Å². The smallest absolute Gasteiger partial charge is 0.331 e. The minimum absolute atomic E-state index is 0.243. The number of carbonyl (C=O) groups excluding carboxylic acids is 3. The van der Waals surface area contributed by atoms with Gasteiger partial charge in [0, 0.05) is 26.7 Å². The molecule has 0 saturated carbocycles. The van der Waals surface area contributed by atoms with E-state index in [4.69, 9.17) is 16.3 Å². The van der Waals surface area contributed by atoms with Crippen molar-refractivity contribution in [3.8, 4) is 0 Å². The first-order valence-corrected chi connectivity index (χ1v) is 10.4. The van der Waals surface area contributed by atoms with Crippen LogP contribution in [0.3, 0.4) is 0 Å². The molecule has 0 spiro atoms. The molecule has 1 N–H and O–H groups in total. The van der Waals surface area contributed by atoms with Crippen LogP contribution in [0.15, 0.2) is 83.3 Å². The molecule has 0 heterocycles. The van der Waals surface area contributed by atoms with Crippen molar-refractivity contribution in [2.75, 3.05) is 11.9 Å². The Bertz CT molecular complexity index is 1150. The zero-order valence-electron chi connectivity index (χ0n) is 16.2. The quantitative estimate of drug-likeness (QED) is 0.264. The second kappa shape index (κ2) is 10.7. The van der Waals surface area contributed by atoms with Gasteiger partial charge in [0.05, 0.1) is 5.69 Å². The monoisotopic (exact) mass is 497 g/mol. The molecule has 3 aromatic rings. The summed E-state index contributed by atoms with van der Waals surface area (Å²) in [6.07, 6.45) is 2.82. The Labute approximate surface area is 192 Å². The van der Waals surface area contributed by atoms with Crippen LogP contribution in [0.2, 0.25) is 5.02 Å². The summed E-state index contributed by atoms with van der Waals surface area (Å²) in [7, 11) is 0. The highest BCUT2D eigenvalue weighted by molar-refractivity contribution is 9.10. The van der Waals surface area contributed by atoms with Crippen LogP contribution >= 0.6 is 27.5 Å². The lowest BCUT2D eigenvalue weighted by atomic mass is 10.0. The summed E-state index contributed by atoms with van der Waals surface area (Å²) in [5.74, 6) is -1.52. The van der Waals surface area contributed by atoms with Gasteiger partial charge in [0.1, 0.15) is 0 Å². The molecule has 0 fully saturated rings. The third kappa shape index (κ3) is 6.64. The van der Waals surface area contributed by atoms with Crippen molar-refractivity contribution in [2.45, 2.75) is 0 Å². The van der Waals surface area contributed by atoms with Crippen LogP contribution < -0.4 is 5.32 Å². The largest absolute Gasteiger partial charge is 0.452 e. The molecule has 1 amide bonds. The van der Waals surface area contributed by atoms with E-state index >= 15 is 0 Å². The van der Waals surface area contributed by atoms with Crippen LogP contribution in [0.1, 0.15) is 21.5 Å². The molecular weight excluding hydrogens is 482 g/mol. The van der Waals surface area contributed by atoms with Gasteiger partial charge in [0.15, 0.2) is 12.4 Å². The zero-order valence-corrected chi connectivity index (χ0v) is 18.5. The number of benzene rings is 3. The lowest BCUT2D eigenvalue weighted by Crippen LogP contribution is -2.21. The van der Waals surface area contributed by atoms with E-state index in [1.807, 2.05) is 24.3 Å². The predicted molar refractivity (Wildman–Crippen MR) is 124 cm³/mol. The second-order valence-corrected chi connectivity index (χ2v) is 7.78. The minimum atomic E-state index is -0.660. The van der Waals surface area contributed by atoms with Gasteiger partial charge >= 0.3 is 5.97 Å². The number of hydrogen-bond acceptors (Lipinski definition) is 4. The number of esters is 1. The summed E-state index contributed by atoms with van der Waals surface area (Å²) in [5.41, 5.74) is 1.79. The fourth-order valence-corrected chi connectivity index (χ4v) is 3.29. The first kappa shape index (κ1) is 22.5. The molecule has 0 atom stereocenters. The van der Waals surface area contributed by atoms with Crippen molar-refractivity contribution in [1.29, 1.82) is 0 Å². The summed E-state index contributed by atoms with van der Waals surface area (Å²) in [4.78, 5) is 37.0. The highest BCUT2D eigenvalue weighted by Crippen LogP contribution is 2.23. The normalized spacial score (nSPS) is 10.6. The molecule has 7 heteroatoms. The van der Waals surface area contributed by atoms with Gasteiger partial charge in [-0.3, -0.25) is 9.59 Å². The van der Waals surface area contributed by atoms with Crippen molar-refractivity contribution in [3.63, 3.8) is 0 Å². The van der Waals surface area contributed by atoms with Crippen LogP contribution in [0.25, 0.3) is 6.08 Å². The standard InChI is InChI=1S/C24H17BrClNO4/c25-18-8-4-5-16(13-18)9-12-23(29)31-15-22(28)27-21-11-10-19(26)14-20(21)24(30)17-6-2-1-3-7-17/h1-14H,15H2,(H,27,28)/b12-9+. The number of carbonyl (C=O) groups is 3. The fourth-order valence-electron chi connectivity index (χ4n) is 2.70. The highest BCUT2D eigenvalue weighted by atomic mass is 79.9. The molecular formula is C24H17BrClNO4. The molecule has 0 aliphatic carbocycles. The third-order valence-electron chi connectivity index (χ3n) is 4.14. The van der Waals surface area contributed by atoms with Crippen molar-refractivity contribution in [1.82, 2.24) is 0 Å². The van der Waals surface area contributed by atoms with E-state index in [-0.39, 0.29) is 17.0 Å². The minimum Gasteiger partial charge on any atom is -0.452 e. The van der Waals surface area contributed by atoms with Gasteiger partial charge in [-0.1, -0.05) is 70.0 Å². The Morgan fingerprint density at radius 1 is 0.968 bits per heavy atom. The molecule has 0 aromatic heterocycles. The Morgan fingerprint density at radius 2 is 1.74 bits per heavy atom. The van der Waals surface area contributed by atoms with Gasteiger partial charge < -0.3 is 10.1 Å². The highest BCUT2D eigenvalue weighted by Gasteiger charge is 2.16. The zero-order chi connectivity index (χ0) is 22.2. The number of amides is 1. The number of ether oxygens (including phenoxy) is 1. The summed E-state index contributed by atoms with van der Waals surface area (Å²) >= 11 is 9.39. The Morgan fingerprint density at radius 3 is 2.48 bits per heavy atom. The Kier molecular flexibility index (Phi) is 7.76. The number of ketones is 1. The van der Waals surface area contributed by atoms with Crippen LogP contribution in [0, 0.1) is 0 Å². The van der Waals surface area contributed by atoms with Gasteiger partial charge in [-0.15, -0.1) is 0 Å². The van der Waals surface area contributed by atoms with Crippen LogP contribution in [-0.2, 0) is 14.3 Å². The van der Waals surface area contributed by atoms with Gasteiger partial charge in [0.25, 0.3) is 5.91 Å². The lowest BCUT2D eigenvalue weighted by molar-refractivity contribution is -0.142. The summed E-state index contributed by atoms with van der Waals surface area (Å²) in [6, 6.07) is 20.6. The molecule has 3 aromatic carbocycles. The molecule has 0 aliphatic heterocycles. The Balaban J connectivity index is 1.63. The lowest BCUT2D eigenvalue weighted by Gasteiger charge is -2.11. The molecule has 31 heavy (non-hydrogen) atoms. The number of nitrogens with one attached hydrogen (secondary N) is 1. The number of halogens is 2. The van der Waals surface area contributed by atoms with Crippen molar-refractivity contribution in [3.05, 3.63) is 105 Å². The van der Waals surface area contributed by atoms with E-state index in [0.29, 0.717) is 10.6 Å². The van der Waals surface area contributed by atoms with Crippen molar-refractivity contribution >= 4 is 57.0 Å². The average Bonchev–Trinajstić information content (AvgIpc) is 2.77. The topological polar surface area (TPSA) is 72.5 Å². The number of anilines is 1. The maximum Gasteiger partial charge on any atom is 0.331 e. The van der Waals surface area contributed by atoms with E-state index < -0.39 is 18.5 Å². The second-order valence-electron chi connectivity index (χ2n) is 6.43. The van der Waals surface area contributed by atoms with Crippen LogP contribution in [0.5, 0.6) is 0 Å². The number of rotatable bonds is 7. The molecule has 156 valence electrons. The predicted octanol–water partition coefficient (Wildman–Crippen LogP) is 5.53. The molecule has 0 radical (unpaired) electrons. The first-order chi connectivity index (χ1) is 14.9. The third-order valence-corrected chi connectivity index (χ3v) is 4.87. The molecule has 0 aliphatic rings. The molecule has 0 unspecified atom stereocenters. The van der Waals surface area contributed by atoms with Crippen molar-refractivity contribution in [2.24, 2.45) is 0 Å². The van der Waals surface area contributed by atoms with E-state index in [1.54, 1.807) is 42.5 Å². The van der Waals surface area contributed by atoms with Crippen LogP contribution in [0.4, 0.5) is 5.69 Å². The summed E-state index contributed by atoms with van der Waals surface area (Å²) < 4.78 is 5.86. The average molecular weight is 499 g/mol. The SMILES string of the molecule is O=C(COC(=O)/C=C/c1cccc(Br)c1)Nc1ccc(Cl)cc1C(=O)c1ccccc1. The first-order valence-electron chi connectivity index (χ1n) is 9.22. The van der Waals surface area contributed by atoms with E-state index in [1.165, 1.54) is 18.2 Å². The van der Waals surface area contributed by atoms with E-state index in [9.17, 15) is 14.4 Å². The summed E-state index contributed by atoms with van der Waals surface area (Å²) in [5, 5.41) is 2.96. The maximum atomic E-state index is 12.8. The summed E-state index contributed by atoms with van der Waals surface area (Å²) in [6.45, 7) is -0.497. The van der Waals surface area contributed by atoms with Gasteiger partial charge in [-0.05, 0) is 42.0 Å². The number of hydrogen-bond donors (Lipinski definition) is 1. The molecule has 3 rings (SSSR count).